The average molecular weight is 651 g/mol. The number of aromatic hydroxyl groups is 1. The highest BCUT2D eigenvalue weighted by atomic mass is 35.5. The lowest BCUT2D eigenvalue weighted by molar-refractivity contribution is -0.170. The van der Waals surface area contributed by atoms with Gasteiger partial charge in [-0.1, -0.05) is 35.9 Å². The molecule has 1 spiro atoms. The van der Waals surface area contributed by atoms with Crippen LogP contribution >= 0.6 is 11.6 Å². The summed E-state index contributed by atoms with van der Waals surface area (Å²) < 4.78 is 6.27. The van der Waals surface area contributed by atoms with Gasteiger partial charge in [0.1, 0.15) is 5.75 Å². The molecule has 0 saturated carbocycles. The Hall–Kier alpha value is -3.75. The van der Waals surface area contributed by atoms with Gasteiger partial charge in [0.05, 0.1) is 31.0 Å². The van der Waals surface area contributed by atoms with Gasteiger partial charge in [-0.2, -0.15) is 0 Å². The fourth-order valence-corrected chi connectivity index (χ4v) is 5.77. The number of carbonyl (C=O) groups excluding carboxylic acids is 1. The monoisotopic (exact) mass is 650 g/mol. The number of fused-ring (bicyclic) bond motifs is 2. The number of phenols is 1. The normalized spacial score (nSPS) is 16.2. The zero-order valence-corrected chi connectivity index (χ0v) is 25.4. The highest BCUT2D eigenvalue weighted by molar-refractivity contribution is 6.31. The number of hydrogen-bond acceptors (Lipinski definition) is 9. The standard InChI is InChI=1S/C25H31ClN2O4.C6H8O7/c26-23-7-6-21(30)15-19(23)14-20(24(31)27-10-3-13-29)16-28-11-8-25(9-12-28)22-5-2-1-4-18(22)17-32-25;7-3(8)1-6(13,5(11)12)2-4(9)10/h1-2,4-7,15,20,29-30H,3,8-14,16-17H2,(H,27,31);13H,1-2H2,(H,7,8)(H,9,10)(H,11,12). The van der Waals surface area contributed by atoms with E-state index in [-0.39, 0.29) is 29.8 Å². The van der Waals surface area contributed by atoms with Crippen LogP contribution in [0.5, 0.6) is 5.75 Å². The molecule has 1 atom stereocenters. The Balaban J connectivity index is 0.000000360. The molecule has 45 heavy (non-hydrogen) atoms. The molecule has 2 aromatic carbocycles. The second kappa shape index (κ2) is 16.0. The number of likely N-dealkylation sites (tertiary alicyclic amines) is 1. The van der Waals surface area contributed by atoms with Gasteiger partial charge in [0.2, 0.25) is 5.91 Å². The highest BCUT2D eigenvalue weighted by Crippen LogP contribution is 2.44. The van der Waals surface area contributed by atoms with Gasteiger partial charge in [-0.25, -0.2) is 4.79 Å². The predicted octanol–water partition coefficient (Wildman–Crippen LogP) is 1.98. The van der Waals surface area contributed by atoms with Crippen LogP contribution < -0.4 is 5.32 Å². The Labute approximate surface area is 265 Å². The number of aliphatic hydroxyl groups excluding tert-OH is 1. The number of aliphatic carboxylic acids is 3. The van der Waals surface area contributed by atoms with Crippen molar-refractivity contribution >= 4 is 35.4 Å². The van der Waals surface area contributed by atoms with Gasteiger partial charge in [-0.15, -0.1) is 0 Å². The van der Waals surface area contributed by atoms with Crippen LogP contribution in [-0.4, -0.2) is 97.7 Å². The predicted molar refractivity (Wildman–Crippen MR) is 161 cm³/mol. The quantitative estimate of drug-likeness (QED) is 0.155. The van der Waals surface area contributed by atoms with Crippen molar-refractivity contribution in [1.82, 2.24) is 10.2 Å². The van der Waals surface area contributed by atoms with Crippen molar-refractivity contribution in [1.29, 1.82) is 0 Å². The largest absolute Gasteiger partial charge is 0.508 e. The van der Waals surface area contributed by atoms with Crippen molar-refractivity contribution in [3.8, 4) is 5.75 Å². The van der Waals surface area contributed by atoms with Gasteiger partial charge < -0.3 is 45.6 Å². The Morgan fingerprint density at radius 1 is 1.02 bits per heavy atom. The molecule has 2 aromatic rings. The molecule has 13 nitrogen and oxygen atoms in total. The van der Waals surface area contributed by atoms with Gasteiger partial charge >= 0.3 is 17.9 Å². The van der Waals surface area contributed by atoms with Crippen molar-refractivity contribution in [3.63, 3.8) is 0 Å². The number of halogens is 1. The van der Waals surface area contributed by atoms with Crippen molar-refractivity contribution < 1.29 is 54.6 Å². The number of aliphatic hydroxyl groups is 2. The third kappa shape index (κ3) is 9.87. The maximum Gasteiger partial charge on any atom is 0.336 e. The topological polar surface area (TPSA) is 214 Å². The smallest absolute Gasteiger partial charge is 0.336 e. The molecular weight excluding hydrogens is 612 g/mol. The number of piperidine rings is 1. The van der Waals surface area contributed by atoms with Crippen molar-refractivity contribution in [2.24, 2.45) is 5.92 Å². The molecule has 1 saturated heterocycles. The summed E-state index contributed by atoms with van der Waals surface area (Å²) in [6.45, 7) is 3.45. The number of amides is 1. The SMILES string of the molecule is O=C(NCCCO)C(Cc1cc(O)ccc1Cl)CN1CCC2(CC1)OCc1ccccc12.O=C(O)CC(O)(CC(=O)O)C(=O)O. The fraction of sp³-hybridized carbons (Fsp3) is 0.484. The van der Waals surface area contributed by atoms with E-state index in [1.54, 1.807) is 18.2 Å². The molecule has 4 rings (SSSR count). The summed E-state index contributed by atoms with van der Waals surface area (Å²) in [6, 6.07) is 13.3. The first-order valence-corrected chi connectivity index (χ1v) is 14.9. The summed E-state index contributed by atoms with van der Waals surface area (Å²) in [4.78, 5) is 45.8. The average Bonchev–Trinajstić information content (AvgIpc) is 3.33. The number of phenolic OH excluding ortho intramolecular Hbond substituents is 1. The maximum absolute atomic E-state index is 13.0. The van der Waals surface area contributed by atoms with E-state index < -0.39 is 36.4 Å². The first-order valence-electron chi connectivity index (χ1n) is 14.5. The summed E-state index contributed by atoms with van der Waals surface area (Å²) in [5, 5.41) is 56.2. The number of carboxylic acid groups (broad SMARTS) is 3. The number of nitrogens with zero attached hydrogens (tertiary/aromatic N) is 1. The molecule has 0 aliphatic carbocycles. The second-order valence-corrected chi connectivity index (χ2v) is 11.7. The molecule has 2 aliphatic heterocycles. The van der Waals surface area contributed by atoms with Gasteiger partial charge in [0.15, 0.2) is 5.60 Å². The molecule has 1 unspecified atom stereocenters. The fourth-order valence-electron chi connectivity index (χ4n) is 5.58. The maximum atomic E-state index is 13.0. The van der Waals surface area contributed by atoms with Crippen molar-refractivity contribution in [3.05, 3.63) is 64.2 Å². The summed E-state index contributed by atoms with van der Waals surface area (Å²) in [5.41, 5.74) is 0.402. The van der Waals surface area contributed by atoms with E-state index in [4.69, 9.17) is 41.9 Å². The Morgan fingerprint density at radius 2 is 1.67 bits per heavy atom. The van der Waals surface area contributed by atoms with Crippen LogP contribution in [0, 0.1) is 5.92 Å². The Kier molecular flexibility index (Phi) is 12.7. The summed E-state index contributed by atoms with van der Waals surface area (Å²) in [5.74, 6) is -5.24. The third-order valence-corrected chi connectivity index (χ3v) is 8.31. The zero-order chi connectivity index (χ0) is 33.2. The Morgan fingerprint density at radius 3 is 2.27 bits per heavy atom. The third-order valence-electron chi connectivity index (χ3n) is 7.94. The summed E-state index contributed by atoms with van der Waals surface area (Å²) in [6.07, 6.45) is 0.474. The van der Waals surface area contributed by atoms with Gasteiger partial charge in [0.25, 0.3) is 0 Å². The zero-order valence-electron chi connectivity index (χ0n) is 24.7. The van der Waals surface area contributed by atoms with E-state index in [1.165, 1.54) is 11.1 Å². The minimum Gasteiger partial charge on any atom is -0.508 e. The lowest BCUT2D eigenvalue weighted by atomic mass is 9.83. The molecule has 14 heteroatoms. The van der Waals surface area contributed by atoms with Gasteiger partial charge in [-0.3, -0.25) is 14.4 Å². The second-order valence-electron chi connectivity index (χ2n) is 11.3. The minimum absolute atomic E-state index is 0.0407. The van der Waals surface area contributed by atoms with Crippen LogP contribution in [0.25, 0.3) is 0 Å². The molecule has 1 amide bonds. The van der Waals surface area contributed by atoms with Gasteiger partial charge in [0, 0.05) is 37.8 Å². The summed E-state index contributed by atoms with van der Waals surface area (Å²) >= 11 is 6.34. The number of carbonyl (C=O) groups is 4. The van der Waals surface area contributed by atoms with E-state index >= 15 is 0 Å². The van der Waals surface area contributed by atoms with E-state index in [1.807, 2.05) is 0 Å². The molecule has 0 aromatic heterocycles. The highest BCUT2D eigenvalue weighted by Gasteiger charge is 2.43. The number of hydrogen-bond donors (Lipinski definition) is 7. The first kappa shape index (κ1) is 35.7. The molecule has 246 valence electrons. The van der Waals surface area contributed by atoms with Crippen LogP contribution in [0.3, 0.4) is 0 Å². The van der Waals surface area contributed by atoms with Crippen LogP contribution in [0.4, 0.5) is 0 Å². The van der Waals surface area contributed by atoms with Crippen molar-refractivity contribution in [2.45, 2.75) is 56.3 Å². The molecule has 0 radical (unpaired) electrons. The number of benzene rings is 2. The number of rotatable bonds is 13. The van der Waals surface area contributed by atoms with Crippen LogP contribution in [0.1, 0.15) is 48.8 Å². The van der Waals surface area contributed by atoms with E-state index in [2.05, 4.69) is 34.5 Å². The lowest BCUT2D eigenvalue weighted by Crippen LogP contribution is -2.47. The number of nitrogens with one attached hydrogen (secondary N) is 1. The molecule has 1 fully saturated rings. The molecule has 2 aliphatic rings. The van der Waals surface area contributed by atoms with Crippen LogP contribution in [-0.2, 0) is 42.5 Å². The molecule has 0 bridgehead atoms. The number of carboxylic acids is 3. The van der Waals surface area contributed by atoms with Crippen LogP contribution in [0.2, 0.25) is 5.02 Å². The lowest BCUT2D eigenvalue weighted by Gasteiger charge is -2.40. The molecule has 2 heterocycles. The van der Waals surface area contributed by atoms with E-state index in [0.29, 0.717) is 37.6 Å². The molecular formula is C31H39ClN2O11. The van der Waals surface area contributed by atoms with Crippen molar-refractivity contribution in [2.75, 3.05) is 32.8 Å². The first-order chi connectivity index (χ1) is 21.3. The summed E-state index contributed by atoms with van der Waals surface area (Å²) in [7, 11) is 0. The van der Waals surface area contributed by atoms with E-state index in [9.17, 15) is 24.3 Å². The van der Waals surface area contributed by atoms with Crippen LogP contribution in [0.15, 0.2) is 42.5 Å². The van der Waals surface area contributed by atoms with Gasteiger partial charge in [-0.05, 0) is 60.6 Å². The number of ether oxygens (including phenoxy) is 1. The molecule has 7 N–H and O–H groups in total. The van der Waals surface area contributed by atoms with E-state index in [0.717, 1.165) is 31.5 Å². The Bertz CT molecular complexity index is 1340. The minimum atomic E-state index is -2.74.